The van der Waals surface area contributed by atoms with Crippen molar-refractivity contribution in [1.29, 1.82) is 0 Å². The van der Waals surface area contributed by atoms with Gasteiger partial charge in [0.25, 0.3) is 5.91 Å². The van der Waals surface area contributed by atoms with Gasteiger partial charge in [-0.1, -0.05) is 0 Å². The van der Waals surface area contributed by atoms with E-state index in [1.165, 1.54) is 23.9 Å². The molecule has 2 heterocycles. The van der Waals surface area contributed by atoms with Crippen LogP contribution in [-0.2, 0) is 4.79 Å². The number of aliphatic hydroxyl groups excluding tert-OH is 1. The number of amidine groups is 1. The lowest BCUT2D eigenvalue weighted by Gasteiger charge is -2.15. The molecule has 1 aromatic rings. The predicted molar refractivity (Wildman–Crippen MR) is 78.3 cm³/mol. The van der Waals surface area contributed by atoms with E-state index in [2.05, 4.69) is 4.99 Å². The Morgan fingerprint density at radius 1 is 1.48 bits per heavy atom. The molecule has 2 N–H and O–H groups in total. The Morgan fingerprint density at radius 3 is 3.00 bits per heavy atom. The highest BCUT2D eigenvalue weighted by molar-refractivity contribution is 8.18. The third-order valence-electron chi connectivity index (χ3n) is 3.32. The molecule has 3 rings (SSSR count). The third kappa shape index (κ3) is 2.93. The van der Waals surface area contributed by atoms with Crippen LogP contribution in [0.5, 0.6) is 5.75 Å². The Kier molecular flexibility index (Phi) is 3.69. The van der Waals surface area contributed by atoms with Crippen LogP contribution in [0.2, 0.25) is 0 Å². The number of nitrogens with zero attached hydrogens (tertiary/aromatic N) is 2. The third-order valence-corrected chi connectivity index (χ3v) is 4.36. The number of aromatic hydroxyl groups is 1. The van der Waals surface area contributed by atoms with Gasteiger partial charge in [-0.3, -0.25) is 4.79 Å². The van der Waals surface area contributed by atoms with Gasteiger partial charge < -0.3 is 15.1 Å². The van der Waals surface area contributed by atoms with Crippen molar-refractivity contribution in [3.63, 3.8) is 0 Å². The number of aliphatic imine (C=N–C) groups is 1. The molecule has 1 fully saturated rings. The molecule has 0 aliphatic carbocycles. The largest absolute Gasteiger partial charge is 0.507 e. The molecule has 0 bridgehead atoms. The van der Waals surface area contributed by atoms with Gasteiger partial charge in [0.15, 0.2) is 5.17 Å². The Morgan fingerprint density at radius 2 is 2.29 bits per heavy atom. The Bertz CT molecular complexity index is 660. The normalized spacial score (nSPS) is 24.0. The SMILES string of the molecule is O=C1N=C(N2CC[C@@H](O)C2)SC1=Cc1cc(F)ccc1O. The van der Waals surface area contributed by atoms with Crippen molar-refractivity contribution >= 4 is 28.9 Å². The summed E-state index contributed by atoms with van der Waals surface area (Å²) in [5.74, 6) is -0.999. The summed E-state index contributed by atoms with van der Waals surface area (Å²) in [6, 6.07) is 3.55. The zero-order chi connectivity index (χ0) is 15.0. The van der Waals surface area contributed by atoms with Gasteiger partial charge in [-0.15, -0.1) is 0 Å². The number of hydrogen-bond acceptors (Lipinski definition) is 5. The van der Waals surface area contributed by atoms with Gasteiger partial charge >= 0.3 is 0 Å². The molecule has 2 aliphatic heterocycles. The standard InChI is InChI=1S/C14H13FN2O3S/c15-9-1-2-11(19)8(5-9)6-12-13(20)16-14(21-12)17-4-3-10(18)7-17/h1-2,5-6,10,18-19H,3-4,7H2/t10-/m1/s1. The highest BCUT2D eigenvalue weighted by atomic mass is 32.2. The van der Waals surface area contributed by atoms with Gasteiger partial charge in [-0.2, -0.15) is 4.99 Å². The molecule has 21 heavy (non-hydrogen) atoms. The lowest BCUT2D eigenvalue weighted by Crippen LogP contribution is -2.26. The zero-order valence-electron chi connectivity index (χ0n) is 11.0. The van der Waals surface area contributed by atoms with Crippen molar-refractivity contribution in [2.75, 3.05) is 13.1 Å². The monoisotopic (exact) mass is 308 g/mol. The number of phenolic OH excluding ortho intramolecular Hbond substituents is 1. The summed E-state index contributed by atoms with van der Waals surface area (Å²) in [5, 5.41) is 19.7. The molecule has 1 saturated heterocycles. The fraction of sp³-hybridized carbons (Fsp3) is 0.286. The van der Waals surface area contributed by atoms with E-state index in [4.69, 9.17) is 0 Å². The van der Waals surface area contributed by atoms with Crippen LogP contribution in [0.15, 0.2) is 28.1 Å². The minimum absolute atomic E-state index is 0.0951. The van der Waals surface area contributed by atoms with Gasteiger partial charge in [0.05, 0.1) is 11.0 Å². The number of rotatable bonds is 1. The molecule has 1 aromatic carbocycles. The fourth-order valence-corrected chi connectivity index (χ4v) is 3.17. The maximum Gasteiger partial charge on any atom is 0.286 e. The molecule has 0 unspecified atom stereocenters. The number of phenols is 1. The van der Waals surface area contributed by atoms with Crippen LogP contribution in [-0.4, -0.2) is 45.4 Å². The van der Waals surface area contributed by atoms with Crippen molar-refractivity contribution in [1.82, 2.24) is 4.90 Å². The quantitative estimate of drug-likeness (QED) is 0.770. The number of hydrogen-bond donors (Lipinski definition) is 2. The average molecular weight is 308 g/mol. The highest BCUT2D eigenvalue weighted by Gasteiger charge is 2.30. The summed E-state index contributed by atoms with van der Waals surface area (Å²) >= 11 is 1.17. The number of amides is 1. The number of aliphatic hydroxyl groups is 1. The lowest BCUT2D eigenvalue weighted by atomic mass is 10.2. The molecule has 110 valence electrons. The molecule has 0 aromatic heterocycles. The molecule has 0 radical (unpaired) electrons. The molecule has 0 saturated carbocycles. The van der Waals surface area contributed by atoms with Gasteiger partial charge in [0, 0.05) is 18.7 Å². The molecular formula is C14H13FN2O3S. The number of thioether (sulfide) groups is 1. The van der Waals surface area contributed by atoms with Gasteiger partial charge in [-0.05, 0) is 42.5 Å². The summed E-state index contributed by atoms with van der Waals surface area (Å²) in [5.41, 5.74) is 0.240. The second-order valence-electron chi connectivity index (χ2n) is 4.90. The number of carbonyl (C=O) groups is 1. The van der Waals surface area contributed by atoms with E-state index in [0.717, 1.165) is 12.1 Å². The first-order valence-electron chi connectivity index (χ1n) is 6.47. The van der Waals surface area contributed by atoms with Crippen LogP contribution >= 0.6 is 11.8 Å². The molecular weight excluding hydrogens is 295 g/mol. The summed E-state index contributed by atoms with van der Waals surface area (Å²) in [6.07, 6.45) is 1.68. The minimum atomic E-state index is -0.487. The number of carbonyl (C=O) groups excluding carboxylic acids is 1. The Labute approximate surface area is 124 Å². The number of benzene rings is 1. The molecule has 0 spiro atoms. The van der Waals surface area contributed by atoms with E-state index in [1.807, 2.05) is 4.90 Å². The van der Waals surface area contributed by atoms with Crippen LogP contribution in [0, 0.1) is 5.82 Å². The van der Waals surface area contributed by atoms with E-state index < -0.39 is 17.8 Å². The summed E-state index contributed by atoms with van der Waals surface area (Å²) < 4.78 is 13.2. The van der Waals surface area contributed by atoms with Crippen molar-refractivity contribution in [3.8, 4) is 5.75 Å². The maximum absolute atomic E-state index is 13.2. The van der Waals surface area contributed by atoms with Crippen LogP contribution in [0.3, 0.4) is 0 Å². The van der Waals surface area contributed by atoms with E-state index in [0.29, 0.717) is 29.6 Å². The van der Waals surface area contributed by atoms with Crippen molar-refractivity contribution in [3.05, 3.63) is 34.5 Å². The van der Waals surface area contributed by atoms with Crippen LogP contribution < -0.4 is 0 Å². The predicted octanol–water partition coefficient (Wildman–Crippen LogP) is 1.57. The van der Waals surface area contributed by atoms with Crippen molar-refractivity contribution in [2.24, 2.45) is 4.99 Å². The maximum atomic E-state index is 13.2. The molecule has 7 heteroatoms. The summed E-state index contributed by atoms with van der Waals surface area (Å²) in [6.45, 7) is 1.11. The van der Waals surface area contributed by atoms with Crippen molar-refractivity contribution < 1.29 is 19.4 Å². The second-order valence-corrected chi connectivity index (χ2v) is 5.91. The zero-order valence-corrected chi connectivity index (χ0v) is 11.8. The van der Waals surface area contributed by atoms with Crippen LogP contribution in [0.4, 0.5) is 4.39 Å². The number of β-amino-alcohol motifs (C(OH)–C–C–N with tert-alkyl or cyclic N) is 1. The average Bonchev–Trinajstić information content (AvgIpc) is 3.01. The smallest absolute Gasteiger partial charge is 0.286 e. The first kappa shape index (κ1) is 14.1. The van der Waals surface area contributed by atoms with E-state index in [9.17, 15) is 19.4 Å². The van der Waals surface area contributed by atoms with Gasteiger partial charge in [0.1, 0.15) is 11.6 Å². The Hall–Kier alpha value is -1.86. The second kappa shape index (κ2) is 5.50. The fourth-order valence-electron chi connectivity index (χ4n) is 2.23. The number of halogens is 1. The minimum Gasteiger partial charge on any atom is -0.507 e. The lowest BCUT2D eigenvalue weighted by molar-refractivity contribution is -0.113. The van der Waals surface area contributed by atoms with Gasteiger partial charge in [-0.25, -0.2) is 4.39 Å². The highest BCUT2D eigenvalue weighted by Crippen LogP contribution is 2.33. The molecule has 5 nitrogen and oxygen atoms in total. The summed E-state index contributed by atoms with van der Waals surface area (Å²) in [7, 11) is 0. The molecule has 1 amide bonds. The van der Waals surface area contributed by atoms with Gasteiger partial charge in [0.2, 0.25) is 0 Å². The van der Waals surface area contributed by atoms with Crippen LogP contribution in [0.1, 0.15) is 12.0 Å². The van der Waals surface area contributed by atoms with Crippen LogP contribution in [0.25, 0.3) is 6.08 Å². The first-order valence-corrected chi connectivity index (χ1v) is 7.28. The Balaban J connectivity index is 1.81. The van der Waals surface area contributed by atoms with Crippen molar-refractivity contribution in [2.45, 2.75) is 12.5 Å². The molecule has 2 aliphatic rings. The first-order chi connectivity index (χ1) is 10.0. The van der Waals surface area contributed by atoms with E-state index >= 15 is 0 Å². The summed E-state index contributed by atoms with van der Waals surface area (Å²) in [4.78, 5) is 18.0. The molecule has 1 atom stereocenters. The van der Waals surface area contributed by atoms with E-state index in [1.54, 1.807) is 0 Å². The number of likely N-dealkylation sites (tertiary alicyclic amines) is 1. The van der Waals surface area contributed by atoms with E-state index in [-0.39, 0.29) is 11.3 Å². The topological polar surface area (TPSA) is 73.1 Å².